The molecule has 0 spiro atoms. The lowest BCUT2D eigenvalue weighted by Crippen LogP contribution is -2.41. The first-order chi connectivity index (χ1) is 11.1. The van der Waals surface area contributed by atoms with Crippen molar-refractivity contribution in [2.45, 2.75) is 25.8 Å². The zero-order valence-electron chi connectivity index (χ0n) is 13.1. The third kappa shape index (κ3) is 4.00. The zero-order valence-corrected chi connectivity index (χ0v) is 13.1. The minimum Gasteiger partial charge on any atom is -0.467 e. The number of carbonyl (C=O) groups excluding carboxylic acids is 3. The lowest BCUT2D eigenvalue weighted by Gasteiger charge is -2.22. The molecule has 1 amide bonds. The Labute approximate surface area is 134 Å². The number of esters is 1. The van der Waals surface area contributed by atoms with E-state index >= 15 is 0 Å². The van der Waals surface area contributed by atoms with Crippen molar-refractivity contribution in [3.05, 3.63) is 29.8 Å². The quantitative estimate of drug-likeness (QED) is 0.623. The van der Waals surface area contributed by atoms with Crippen molar-refractivity contribution in [3.63, 3.8) is 0 Å². The molecule has 1 aliphatic rings. The highest BCUT2D eigenvalue weighted by Crippen LogP contribution is 2.22. The van der Waals surface area contributed by atoms with E-state index in [0.29, 0.717) is 18.5 Å². The van der Waals surface area contributed by atoms with Crippen LogP contribution in [0, 0.1) is 0 Å². The van der Waals surface area contributed by atoms with Crippen LogP contribution in [0.4, 0.5) is 4.79 Å². The SMILES string of the molecule is CCOC(=O)Oc1ccc(C(=O)N2CCCC2C(=O)OC)cc1. The Bertz CT molecular complexity index is 583. The zero-order chi connectivity index (χ0) is 16.8. The molecule has 7 nitrogen and oxygen atoms in total. The number of hydrogen-bond acceptors (Lipinski definition) is 6. The predicted octanol–water partition coefficient (Wildman–Crippen LogP) is 2.00. The second-order valence-electron chi connectivity index (χ2n) is 4.99. The Morgan fingerprint density at radius 1 is 1.22 bits per heavy atom. The average molecular weight is 321 g/mol. The molecule has 1 unspecified atom stereocenters. The number of amides is 1. The number of rotatable bonds is 4. The largest absolute Gasteiger partial charge is 0.513 e. The van der Waals surface area contributed by atoms with Gasteiger partial charge in [0.05, 0.1) is 13.7 Å². The summed E-state index contributed by atoms with van der Waals surface area (Å²) in [6, 6.07) is 5.57. The minimum atomic E-state index is -0.795. The van der Waals surface area contributed by atoms with E-state index in [4.69, 9.17) is 9.47 Å². The van der Waals surface area contributed by atoms with Gasteiger partial charge in [-0.2, -0.15) is 0 Å². The number of nitrogens with zero attached hydrogens (tertiary/aromatic N) is 1. The van der Waals surface area contributed by atoms with Crippen molar-refractivity contribution >= 4 is 18.0 Å². The minimum absolute atomic E-state index is 0.222. The van der Waals surface area contributed by atoms with Crippen LogP contribution in [-0.2, 0) is 14.3 Å². The Kier molecular flexibility index (Phi) is 5.56. The van der Waals surface area contributed by atoms with Gasteiger partial charge in [-0.15, -0.1) is 0 Å². The molecule has 7 heteroatoms. The van der Waals surface area contributed by atoms with Crippen molar-refractivity contribution < 1.29 is 28.6 Å². The third-order valence-electron chi connectivity index (χ3n) is 3.55. The molecule has 1 atom stereocenters. The molecule has 1 aliphatic heterocycles. The molecule has 1 fully saturated rings. The molecule has 1 heterocycles. The second-order valence-corrected chi connectivity index (χ2v) is 4.99. The van der Waals surface area contributed by atoms with Crippen molar-refractivity contribution in [3.8, 4) is 5.75 Å². The maximum absolute atomic E-state index is 12.5. The van der Waals surface area contributed by atoms with Crippen molar-refractivity contribution in [2.75, 3.05) is 20.3 Å². The molecule has 0 radical (unpaired) electrons. The first kappa shape index (κ1) is 16.8. The number of carbonyl (C=O) groups is 3. The van der Waals surface area contributed by atoms with Crippen LogP contribution in [0.2, 0.25) is 0 Å². The Balaban J connectivity index is 2.05. The topological polar surface area (TPSA) is 82.1 Å². The number of methoxy groups -OCH3 is 1. The molecule has 1 aromatic rings. The van der Waals surface area contributed by atoms with Gasteiger partial charge < -0.3 is 19.1 Å². The van der Waals surface area contributed by atoms with E-state index in [9.17, 15) is 14.4 Å². The first-order valence-electron chi connectivity index (χ1n) is 7.40. The molecular weight excluding hydrogens is 302 g/mol. The van der Waals surface area contributed by atoms with E-state index in [1.54, 1.807) is 19.1 Å². The van der Waals surface area contributed by atoms with Crippen LogP contribution < -0.4 is 4.74 Å². The average Bonchev–Trinajstić information content (AvgIpc) is 3.04. The molecule has 2 rings (SSSR count). The normalized spacial score (nSPS) is 16.8. The fourth-order valence-corrected chi connectivity index (χ4v) is 2.47. The van der Waals surface area contributed by atoms with E-state index < -0.39 is 18.2 Å². The fraction of sp³-hybridized carbons (Fsp3) is 0.438. The van der Waals surface area contributed by atoms with Gasteiger partial charge in [0.15, 0.2) is 0 Å². The number of benzene rings is 1. The van der Waals surface area contributed by atoms with Crippen LogP contribution in [0.5, 0.6) is 5.75 Å². The fourth-order valence-electron chi connectivity index (χ4n) is 2.47. The van der Waals surface area contributed by atoms with Gasteiger partial charge in [-0.3, -0.25) is 4.79 Å². The van der Waals surface area contributed by atoms with E-state index in [2.05, 4.69) is 4.74 Å². The molecule has 0 N–H and O–H groups in total. The smallest absolute Gasteiger partial charge is 0.467 e. The lowest BCUT2D eigenvalue weighted by molar-refractivity contribution is -0.145. The predicted molar refractivity (Wildman–Crippen MR) is 80.2 cm³/mol. The Morgan fingerprint density at radius 2 is 1.91 bits per heavy atom. The van der Waals surface area contributed by atoms with Crippen molar-refractivity contribution in [1.82, 2.24) is 4.90 Å². The summed E-state index contributed by atoms with van der Waals surface area (Å²) in [6.07, 6.45) is 0.565. The molecular formula is C16H19NO6. The van der Waals surface area contributed by atoms with E-state index in [1.165, 1.54) is 24.1 Å². The molecule has 124 valence electrons. The number of hydrogen-bond donors (Lipinski definition) is 0. The highest BCUT2D eigenvalue weighted by atomic mass is 16.7. The summed E-state index contributed by atoms with van der Waals surface area (Å²) in [5, 5.41) is 0. The van der Waals surface area contributed by atoms with Crippen LogP contribution >= 0.6 is 0 Å². The molecule has 23 heavy (non-hydrogen) atoms. The van der Waals surface area contributed by atoms with Crippen LogP contribution in [0.15, 0.2) is 24.3 Å². The van der Waals surface area contributed by atoms with Crippen LogP contribution in [0.25, 0.3) is 0 Å². The second kappa shape index (κ2) is 7.62. The van der Waals surface area contributed by atoms with Gasteiger partial charge in [-0.05, 0) is 44.0 Å². The Hall–Kier alpha value is -2.57. The summed E-state index contributed by atoms with van der Waals surface area (Å²) in [6.45, 7) is 2.41. The van der Waals surface area contributed by atoms with Gasteiger partial charge in [0.1, 0.15) is 11.8 Å². The van der Waals surface area contributed by atoms with Gasteiger partial charge >= 0.3 is 12.1 Å². The summed E-state index contributed by atoms with van der Waals surface area (Å²) in [7, 11) is 1.31. The van der Waals surface area contributed by atoms with Crippen LogP contribution in [0.1, 0.15) is 30.1 Å². The maximum atomic E-state index is 12.5. The first-order valence-corrected chi connectivity index (χ1v) is 7.40. The van der Waals surface area contributed by atoms with Gasteiger partial charge in [-0.1, -0.05) is 0 Å². The van der Waals surface area contributed by atoms with E-state index in [1.807, 2.05) is 0 Å². The van der Waals surface area contributed by atoms with E-state index in [0.717, 1.165) is 6.42 Å². The van der Waals surface area contributed by atoms with Gasteiger partial charge in [0.25, 0.3) is 5.91 Å². The summed E-state index contributed by atoms with van der Waals surface area (Å²) >= 11 is 0. The Morgan fingerprint density at radius 3 is 2.52 bits per heavy atom. The standard InChI is InChI=1S/C16H19NO6/c1-3-22-16(20)23-12-8-6-11(7-9-12)14(18)17-10-4-5-13(17)15(19)21-2/h6-9,13H,3-5,10H2,1-2H3. The lowest BCUT2D eigenvalue weighted by atomic mass is 10.1. The van der Waals surface area contributed by atoms with Crippen LogP contribution in [-0.4, -0.2) is 49.2 Å². The molecule has 1 aromatic carbocycles. The van der Waals surface area contributed by atoms with Crippen molar-refractivity contribution in [2.24, 2.45) is 0 Å². The molecule has 0 aliphatic carbocycles. The van der Waals surface area contributed by atoms with Crippen molar-refractivity contribution in [1.29, 1.82) is 0 Å². The molecule has 0 aromatic heterocycles. The number of ether oxygens (including phenoxy) is 3. The summed E-state index contributed by atoms with van der Waals surface area (Å²) in [4.78, 5) is 36.9. The summed E-state index contributed by atoms with van der Waals surface area (Å²) in [5.74, 6) is -0.371. The third-order valence-corrected chi connectivity index (χ3v) is 3.55. The molecule has 0 bridgehead atoms. The maximum Gasteiger partial charge on any atom is 0.513 e. The molecule has 1 saturated heterocycles. The van der Waals surface area contributed by atoms with Gasteiger partial charge in [0.2, 0.25) is 0 Å². The van der Waals surface area contributed by atoms with E-state index in [-0.39, 0.29) is 18.3 Å². The van der Waals surface area contributed by atoms with Gasteiger partial charge in [0, 0.05) is 12.1 Å². The number of likely N-dealkylation sites (tertiary alicyclic amines) is 1. The highest BCUT2D eigenvalue weighted by Gasteiger charge is 2.35. The summed E-state index contributed by atoms with van der Waals surface area (Å²) in [5.41, 5.74) is 0.414. The monoisotopic (exact) mass is 321 g/mol. The van der Waals surface area contributed by atoms with Gasteiger partial charge in [-0.25, -0.2) is 9.59 Å². The summed E-state index contributed by atoms with van der Waals surface area (Å²) < 4.78 is 14.3. The highest BCUT2D eigenvalue weighted by molar-refractivity contribution is 5.97. The molecule has 0 saturated carbocycles. The van der Waals surface area contributed by atoms with Crippen LogP contribution in [0.3, 0.4) is 0 Å².